The monoisotopic (exact) mass is 490 g/mol. The van der Waals surface area contributed by atoms with Gasteiger partial charge in [0.1, 0.15) is 6.73 Å². The fourth-order valence-corrected chi connectivity index (χ4v) is 3.61. The molecule has 0 radical (unpaired) electrons. The first kappa shape index (κ1) is 27.5. The Morgan fingerprint density at radius 1 is 1.11 bits per heavy atom. The maximum atomic E-state index is 13.2. The molecule has 11 heteroatoms. The summed E-state index contributed by atoms with van der Waals surface area (Å²) in [5.74, 6) is -3.99. The van der Waals surface area contributed by atoms with Crippen LogP contribution in [-0.4, -0.2) is 53.0 Å². The third-order valence-electron chi connectivity index (χ3n) is 5.45. The number of ether oxygens (including phenoxy) is 3. The molecule has 1 heterocycles. The van der Waals surface area contributed by atoms with Crippen molar-refractivity contribution in [3.63, 3.8) is 0 Å². The molecule has 1 aromatic rings. The highest BCUT2D eigenvalue weighted by Crippen LogP contribution is 2.43. The number of aliphatic carboxylic acids is 1. The molecule has 0 spiro atoms. The van der Waals surface area contributed by atoms with Crippen LogP contribution in [0, 0.1) is 15.5 Å². The van der Waals surface area contributed by atoms with Crippen molar-refractivity contribution in [2.75, 3.05) is 20.1 Å². The minimum absolute atomic E-state index is 0.0254. The zero-order valence-corrected chi connectivity index (χ0v) is 20.6. The Morgan fingerprint density at radius 2 is 1.74 bits per heavy atom. The standard InChI is InChI=1S/C24H30N2O9/c1-7-33-12-25-14(2)18(21(27)28)20(16-9-8-10-17(11-16)26(31)32)19(15(25)3)22(29)34-13-35-23(30)24(4,5)6/h8-11,20H,7,12-13H2,1-6H3,(H,27,28)/t20-/m0/s1. The average molecular weight is 491 g/mol. The van der Waals surface area contributed by atoms with Gasteiger partial charge < -0.3 is 24.2 Å². The summed E-state index contributed by atoms with van der Waals surface area (Å²) in [5, 5.41) is 21.4. The first-order chi connectivity index (χ1) is 16.3. The molecular formula is C24H30N2O9. The van der Waals surface area contributed by atoms with E-state index in [9.17, 15) is 29.6 Å². The van der Waals surface area contributed by atoms with Crippen molar-refractivity contribution in [1.82, 2.24) is 4.90 Å². The highest BCUT2D eigenvalue weighted by molar-refractivity contribution is 5.99. The maximum absolute atomic E-state index is 13.2. The van der Waals surface area contributed by atoms with Crippen molar-refractivity contribution >= 4 is 23.6 Å². The summed E-state index contributed by atoms with van der Waals surface area (Å²) >= 11 is 0. The van der Waals surface area contributed by atoms with Gasteiger partial charge in [-0.3, -0.25) is 14.9 Å². The number of nitro groups is 1. The van der Waals surface area contributed by atoms with Crippen LogP contribution in [0.2, 0.25) is 0 Å². The van der Waals surface area contributed by atoms with Crippen molar-refractivity contribution in [3.8, 4) is 0 Å². The molecule has 0 unspecified atom stereocenters. The number of carboxylic acid groups (broad SMARTS) is 1. The molecule has 0 saturated carbocycles. The normalized spacial score (nSPS) is 16.3. The lowest BCUT2D eigenvalue weighted by atomic mass is 9.79. The first-order valence-corrected chi connectivity index (χ1v) is 10.9. The molecule has 0 aromatic heterocycles. The number of hydrogen-bond acceptors (Lipinski definition) is 9. The number of allylic oxidation sites excluding steroid dienone is 2. The summed E-state index contributed by atoms with van der Waals surface area (Å²) in [6.45, 7) is 9.51. The van der Waals surface area contributed by atoms with Crippen molar-refractivity contribution in [1.29, 1.82) is 0 Å². The molecule has 1 aliphatic rings. The highest BCUT2D eigenvalue weighted by atomic mass is 16.7. The molecule has 0 bridgehead atoms. The third kappa shape index (κ3) is 6.24. The molecule has 0 fully saturated rings. The van der Waals surface area contributed by atoms with Gasteiger partial charge in [-0.15, -0.1) is 0 Å². The zero-order chi connectivity index (χ0) is 26.5. The predicted molar refractivity (Wildman–Crippen MR) is 124 cm³/mol. The van der Waals surface area contributed by atoms with Crippen LogP contribution >= 0.6 is 0 Å². The highest BCUT2D eigenvalue weighted by Gasteiger charge is 2.40. The van der Waals surface area contributed by atoms with E-state index in [0.29, 0.717) is 18.0 Å². The molecule has 0 amide bonds. The van der Waals surface area contributed by atoms with Gasteiger partial charge in [0, 0.05) is 30.1 Å². The number of nitrogens with zero attached hydrogens (tertiary/aromatic N) is 2. The maximum Gasteiger partial charge on any atom is 0.339 e. The Hall–Kier alpha value is -3.73. The van der Waals surface area contributed by atoms with E-state index in [1.54, 1.807) is 41.5 Å². The van der Waals surface area contributed by atoms with Crippen molar-refractivity contribution in [2.45, 2.75) is 47.5 Å². The molecule has 1 aromatic carbocycles. The fraction of sp³-hybridized carbons (Fsp3) is 0.458. The summed E-state index contributed by atoms with van der Waals surface area (Å²) < 4.78 is 15.7. The lowest BCUT2D eigenvalue weighted by Gasteiger charge is -2.37. The molecule has 35 heavy (non-hydrogen) atoms. The second kappa shape index (κ2) is 11.1. The lowest BCUT2D eigenvalue weighted by Crippen LogP contribution is -2.36. The number of esters is 2. The summed E-state index contributed by atoms with van der Waals surface area (Å²) in [4.78, 5) is 49.9. The smallest absolute Gasteiger partial charge is 0.339 e. The van der Waals surface area contributed by atoms with E-state index in [2.05, 4.69) is 0 Å². The van der Waals surface area contributed by atoms with Gasteiger partial charge in [0.15, 0.2) is 0 Å². The van der Waals surface area contributed by atoms with Gasteiger partial charge in [-0.1, -0.05) is 12.1 Å². The van der Waals surface area contributed by atoms with Gasteiger partial charge in [-0.2, -0.15) is 0 Å². The van der Waals surface area contributed by atoms with Crippen LogP contribution in [0.4, 0.5) is 5.69 Å². The van der Waals surface area contributed by atoms with Crippen LogP contribution in [0.1, 0.15) is 53.0 Å². The summed E-state index contributed by atoms with van der Waals surface area (Å²) in [7, 11) is 0. The van der Waals surface area contributed by atoms with E-state index < -0.39 is 41.0 Å². The molecule has 0 aliphatic carbocycles. The average Bonchev–Trinajstić information content (AvgIpc) is 2.77. The van der Waals surface area contributed by atoms with Crippen LogP contribution in [0.15, 0.2) is 46.8 Å². The predicted octanol–water partition coefficient (Wildman–Crippen LogP) is 3.71. The van der Waals surface area contributed by atoms with Gasteiger partial charge >= 0.3 is 17.9 Å². The first-order valence-electron chi connectivity index (χ1n) is 10.9. The Labute approximate surface area is 203 Å². The Morgan fingerprint density at radius 3 is 2.29 bits per heavy atom. The van der Waals surface area contributed by atoms with E-state index >= 15 is 0 Å². The van der Waals surface area contributed by atoms with E-state index in [-0.39, 0.29) is 29.1 Å². The van der Waals surface area contributed by atoms with Crippen molar-refractivity contribution in [3.05, 3.63) is 62.5 Å². The van der Waals surface area contributed by atoms with Crippen LogP contribution in [0.5, 0.6) is 0 Å². The fourth-order valence-electron chi connectivity index (χ4n) is 3.61. The van der Waals surface area contributed by atoms with Crippen LogP contribution in [-0.2, 0) is 28.6 Å². The van der Waals surface area contributed by atoms with Crippen molar-refractivity contribution < 1.29 is 38.6 Å². The number of nitro benzene ring substituents is 1. The number of benzene rings is 1. The zero-order valence-electron chi connectivity index (χ0n) is 20.6. The lowest BCUT2D eigenvalue weighted by molar-refractivity contribution is -0.384. The van der Waals surface area contributed by atoms with Gasteiger partial charge in [-0.25, -0.2) is 9.59 Å². The van der Waals surface area contributed by atoms with E-state index in [0.717, 1.165) is 0 Å². The molecule has 1 N–H and O–H groups in total. The quantitative estimate of drug-likeness (QED) is 0.235. The van der Waals surface area contributed by atoms with Crippen LogP contribution in [0.3, 0.4) is 0 Å². The third-order valence-corrected chi connectivity index (χ3v) is 5.45. The molecular weight excluding hydrogens is 460 g/mol. The number of carbonyl (C=O) groups is 3. The largest absolute Gasteiger partial charge is 0.478 e. The van der Waals surface area contributed by atoms with Gasteiger partial charge in [0.2, 0.25) is 6.79 Å². The van der Waals surface area contributed by atoms with Crippen molar-refractivity contribution in [2.24, 2.45) is 5.41 Å². The molecule has 11 nitrogen and oxygen atoms in total. The number of non-ortho nitro benzene ring substituents is 1. The van der Waals surface area contributed by atoms with E-state index in [1.165, 1.54) is 29.2 Å². The molecule has 2 rings (SSSR count). The van der Waals surface area contributed by atoms with Crippen LogP contribution < -0.4 is 0 Å². The second-order valence-corrected chi connectivity index (χ2v) is 8.87. The van der Waals surface area contributed by atoms with E-state index in [4.69, 9.17) is 14.2 Å². The Kier molecular flexibility index (Phi) is 8.75. The Bertz CT molecular complexity index is 1080. The summed E-state index contributed by atoms with van der Waals surface area (Å²) in [5.41, 5.74) is -0.395. The number of hydrogen-bond donors (Lipinski definition) is 1. The second-order valence-electron chi connectivity index (χ2n) is 8.87. The molecule has 0 saturated heterocycles. The summed E-state index contributed by atoms with van der Waals surface area (Å²) in [6.07, 6.45) is 0. The van der Waals surface area contributed by atoms with Gasteiger partial charge in [0.05, 0.1) is 27.4 Å². The minimum atomic E-state index is -1.31. The molecule has 1 aliphatic heterocycles. The van der Waals surface area contributed by atoms with Gasteiger partial charge in [-0.05, 0) is 47.1 Å². The molecule has 1 atom stereocenters. The van der Waals surface area contributed by atoms with E-state index in [1.807, 2.05) is 0 Å². The van der Waals surface area contributed by atoms with Gasteiger partial charge in [0.25, 0.3) is 5.69 Å². The summed E-state index contributed by atoms with van der Waals surface area (Å²) in [6, 6.07) is 5.41. The number of rotatable bonds is 9. The topological polar surface area (TPSA) is 146 Å². The number of carbonyl (C=O) groups excluding carboxylic acids is 2. The Balaban J connectivity index is 2.59. The van der Waals surface area contributed by atoms with Crippen LogP contribution in [0.25, 0.3) is 0 Å². The minimum Gasteiger partial charge on any atom is -0.478 e. The SMILES string of the molecule is CCOCN1C(C)=C(C(=O)O)[C@H](c2cccc([N+](=O)[O-])c2)C(C(=O)OCOC(=O)C(C)(C)C)=C1C. The number of carboxylic acids is 1. The molecule has 190 valence electrons.